The Bertz CT molecular complexity index is 1330. The highest BCUT2D eigenvalue weighted by atomic mass is 32.2. The summed E-state index contributed by atoms with van der Waals surface area (Å²) in [5.41, 5.74) is -3.86. The molecule has 2 heterocycles. The molecule has 204 valence electrons. The van der Waals surface area contributed by atoms with Crippen molar-refractivity contribution in [2.75, 3.05) is 36.6 Å². The Morgan fingerprint density at radius 3 is 2.26 bits per heavy atom. The second-order valence-electron chi connectivity index (χ2n) is 7.96. The molecular formula is C22H14F8N2O5S. The monoisotopic (exact) mass is 570 g/mol. The number of ether oxygens (including phenoxy) is 2. The maximum Gasteiger partial charge on any atom is 0.482 e. The third-order valence-electron chi connectivity index (χ3n) is 5.77. The largest absolute Gasteiger partial charge is 0.482 e. The molecule has 2 aliphatic rings. The van der Waals surface area contributed by atoms with Gasteiger partial charge in [0, 0.05) is 29.7 Å². The highest BCUT2D eigenvalue weighted by molar-refractivity contribution is 7.99. The van der Waals surface area contributed by atoms with Gasteiger partial charge in [-0.05, 0) is 6.07 Å². The van der Waals surface area contributed by atoms with Crippen LogP contribution in [0.1, 0.15) is 0 Å². The third kappa shape index (κ3) is 4.50. The molecule has 0 bridgehead atoms. The Kier molecular flexibility index (Phi) is 7.20. The number of methoxy groups -OCH3 is 1. The van der Waals surface area contributed by atoms with Gasteiger partial charge in [-0.15, -0.1) is 0 Å². The van der Waals surface area contributed by atoms with E-state index in [1.54, 1.807) is 0 Å². The number of hydrogen-bond donors (Lipinski definition) is 0. The Labute approximate surface area is 212 Å². The number of amides is 2. The standard InChI is InChI=1S/C22H14F8N2O5S/c1-36-20(34)11-7-38-3-2-31(11)13(33)6-32-10-4-8(9(23)5-12(10)37-22(29,30)21(32)35)14-15(24)17(26)19(28)18(27)16(14)25/h4-5,11H,2-3,6-7H2,1H3/t11-/m0/s1. The van der Waals surface area contributed by atoms with E-state index in [1.165, 1.54) is 11.8 Å². The fourth-order valence-corrected chi connectivity index (χ4v) is 4.97. The number of nitrogens with zero attached hydrogens (tertiary/aromatic N) is 2. The number of esters is 1. The van der Waals surface area contributed by atoms with Gasteiger partial charge in [0.1, 0.15) is 18.4 Å². The van der Waals surface area contributed by atoms with Crippen LogP contribution < -0.4 is 9.64 Å². The summed E-state index contributed by atoms with van der Waals surface area (Å²) in [6, 6.07) is -0.637. The van der Waals surface area contributed by atoms with Crippen LogP contribution in [0.2, 0.25) is 0 Å². The minimum Gasteiger partial charge on any atom is -0.467 e. The Morgan fingerprint density at radius 2 is 1.66 bits per heavy atom. The van der Waals surface area contributed by atoms with Gasteiger partial charge in [-0.2, -0.15) is 20.5 Å². The molecule has 0 unspecified atom stereocenters. The van der Waals surface area contributed by atoms with Crippen LogP contribution in [0.25, 0.3) is 11.1 Å². The molecule has 38 heavy (non-hydrogen) atoms. The lowest BCUT2D eigenvalue weighted by Gasteiger charge is -2.37. The van der Waals surface area contributed by atoms with Crippen molar-refractivity contribution in [1.29, 1.82) is 0 Å². The van der Waals surface area contributed by atoms with Crippen LogP contribution in [0.15, 0.2) is 12.1 Å². The smallest absolute Gasteiger partial charge is 0.467 e. The predicted octanol–water partition coefficient (Wildman–Crippen LogP) is 3.62. The summed E-state index contributed by atoms with van der Waals surface area (Å²) in [6.45, 7) is -1.21. The molecule has 7 nitrogen and oxygen atoms in total. The fourth-order valence-electron chi connectivity index (χ4n) is 3.93. The normalized spacial score (nSPS) is 18.7. The lowest BCUT2D eigenvalue weighted by atomic mass is 10.0. The molecular weight excluding hydrogens is 556 g/mol. The van der Waals surface area contributed by atoms with Crippen LogP contribution in [-0.4, -0.2) is 66.5 Å². The summed E-state index contributed by atoms with van der Waals surface area (Å²) >= 11 is 1.29. The van der Waals surface area contributed by atoms with Crippen molar-refractivity contribution in [2.24, 2.45) is 0 Å². The van der Waals surface area contributed by atoms with Gasteiger partial charge in [-0.1, -0.05) is 0 Å². The van der Waals surface area contributed by atoms with Crippen molar-refractivity contribution in [1.82, 2.24) is 4.90 Å². The molecule has 0 aromatic heterocycles. The number of benzene rings is 2. The van der Waals surface area contributed by atoms with Gasteiger partial charge in [-0.25, -0.2) is 31.1 Å². The molecule has 2 aromatic carbocycles. The quantitative estimate of drug-likeness (QED) is 0.242. The van der Waals surface area contributed by atoms with E-state index >= 15 is 0 Å². The second kappa shape index (κ2) is 9.96. The van der Waals surface area contributed by atoms with E-state index in [1.807, 2.05) is 0 Å². The molecule has 2 aliphatic heterocycles. The number of rotatable bonds is 4. The highest BCUT2D eigenvalue weighted by Gasteiger charge is 2.52. The first kappa shape index (κ1) is 27.5. The van der Waals surface area contributed by atoms with E-state index < -0.39 is 93.9 Å². The van der Waals surface area contributed by atoms with Crippen LogP contribution in [0.3, 0.4) is 0 Å². The highest BCUT2D eigenvalue weighted by Crippen LogP contribution is 2.44. The zero-order chi connectivity index (χ0) is 28.1. The summed E-state index contributed by atoms with van der Waals surface area (Å²) in [7, 11) is 1.06. The molecule has 1 fully saturated rings. The number of thioether (sulfide) groups is 1. The first-order valence-electron chi connectivity index (χ1n) is 10.5. The molecule has 1 atom stereocenters. The topological polar surface area (TPSA) is 76.2 Å². The van der Waals surface area contributed by atoms with Crippen LogP contribution in [0.4, 0.5) is 40.8 Å². The maximum atomic E-state index is 14.8. The molecule has 2 aromatic rings. The van der Waals surface area contributed by atoms with Crippen molar-refractivity contribution in [2.45, 2.75) is 12.2 Å². The molecule has 0 aliphatic carbocycles. The van der Waals surface area contributed by atoms with Crippen molar-refractivity contribution in [3.8, 4) is 16.9 Å². The summed E-state index contributed by atoms with van der Waals surface area (Å²) in [5, 5.41) is 0. The van der Waals surface area contributed by atoms with Gasteiger partial charge >= 0.3 is 18.0 Å². The minimum absolute atomic E-state index is 0.0374. The number of fused-ring (bicyclic) bond motifs is 1. The fraction of sp³-hybridized carbons (Fsp3) is 0.318. The molecule has 0 spiro atoms. The number of hydrogen-bond acceptors (Lipinski definition) is 6. The predicted molar refractivity (Wildman–Crippen MR) is 114 cm³/mol. The van der Waals surface area contributed by atoms with E-state index in [-0.39, 0.29) is 23.3 Å². The minimum atomic E-state index is -4.62. The first-order valence-corrected chi connectivity index (χ1v) is 11.6. The van der Waals surface area contributed by atoms with Crippen LogP contribution >= 0.6 is 11.8 Å². The number of carbonyl (C=O) groups excluding carboxylic acids is 3. The lowest BCUT2D eigenvalue weighted by Crippen LogP contribution is -2.57. The average Bonchev–Trinajstić information content (AvgIpc) is 2.89. The molecule has 2 amide bonds. The van der Waals surface area contributed by atoms with Crippen LogP contribution in [-0.2, 0) is 19.1 Å². The zero-order valence-electron chi connectivity index (χ0n) is 18.9. The summed E-state index contributed by atoms with van der Waals surface area (Å²) < 4.78 is 122. The SMILES string of the molecule is COC(=O)[C@@H]1CSCCN1C(=O)CN1C(=O)C(F)(F)Oc2cc(F)c(-c3c(F)c(F)c(F)c(F)c3F)cc21. The Hall–Kier alpha value is -3.56. The maximum absolute atomic E-state index is 14.8. The molecule has 0 radical (unpaired) electrons. The van der Waals surface area contributed by atoms with Gasteiger partial charge in [-0.3, -0.25) is 14.5 Å². The van der Waals surface area contributed by atoms with Crippen LogP contribution in [0, 0.1) is 34.9 Å². The molecule has 0 saturated carbocycles. The van der Waals surface area contributed by atoms with E-state index in [4.69, 9.17) is 0 Å². The van der Waals surface area contributed by atoms with Gasteiger partial charge < -0.3 is 14.4 Å². The van der Waals surface area contributed by atoms with Gasteiger partial charge in [0.25, 0.3) is 0 Å². The molecule has 16 heteroatoms. The van der Waals surface area contributed by atoms with Crippen molar-refractivity contribution >= 4 is 35.2 Å². The Balaban J connectivity index is 1.82. The average molecular weight is 570 g/mol. The molecule has 1 saturated heterocycles. The van der Waals surface area contributed by atoms with E-state index in [9.17, 15) is 49.5 Å². The van der Waals surface area contributed by atoms with Crippen molar-refractivity contribution in [3.05, 3.63) is 47.0 Å². The summed E-state index contributed by atoms with van der Waals surface area (Å²) in [5.74, 6) is -18.5. The van der Waals surface area contributed by atoms with Crippen molar-refractivity contribution < 1.29 is 59.0 Å². The van der Waals surface area contributed by atoms with Gasteiger partial charge in [0.05, 0.1) is 18.4 Å². The number of carbonyl (C=O) groups is 3. The Morgan fingerprint density at radius 1 is 1.05 bits per heavy atom. The second-order valence-corrected chi connectivity index (χ2v) is 9.11. The summed E-state index contributed by atoms with van der Waals surface area (Å²) in [6.07, 6.45) is -4.62. The third-order valence-corrected chi connectivity index (χ3v) is 6.79. The molecule has 0 N–H and O–H groups in total. The zero-order valence-corrected chi connectivity index (χ0v) is 19.7. The van der Waals surface area contributed by atoms with Crippen molar-refractivity contribution in [3.63, 3.8) is 0 Å². The van der Waals surface area contributed by atoms with Gasteiger partial charge in [0.15, 0.2) is 29.0 Å². The van der Waals surface area contributed by atoms with E-state index in [2.05, 4.69) is 9.47 Å². The number of alkyl halides is 2. The number of halogens is 8. The summed E-state index contributed by atoms with van der Waals surface area (Å²) in [4.78, 5) is 38.7. The van der Waals surface area contributed by atoms with E-state index in [0.717, 1.165) is 12.0 Å². The lowest BCUT2D eigenvalue weighted by molar-refractivity contribution is -0.193. The first-order chi connectivity index (χ1) is 17.8. The van der Waals surface area contributed by atoms with Crippen LogP contribution in [0.5, 0.6) is 5.75 Å². The molecule has 4 rings (SSSR count). The van der Waals surface area contributed by atoms with Gasteiger partial charge in [0.2, 0.25) is 11.7 Å². The number of anilines is 1. The van der Waals surface area contributed by atoms with E-state index in [0.29, 0.717) is 11.8 Å².